The first-order valence-electron chi connectivity index (χ1n) is 5.58. The highest BCUT2D eigenvalue weighted by molar-refractivity contribution is 5.58. The van der Waals surface area contributed by atoms with Crippen LogP contribution in [0.15, 0.2) is 6.33 Å². The highest BCUT2D eigenvalue weighted by Gasteiger charge is 2.18. The number of hydrogen-bond acceptors (Lipinski definition) is 6. The quantitative estimate of drug-likeness (QED) is 0.486. The van der Waals surface area contributed by atoms with Crippen molar-refractivity contribution in [1.82, 2.24) is 9.97 Å². The van der Waals surface area contributed by atoms with Gasteiger partial charge in [0.25, 0.3) is 6.43 Å². The molecule has 0 radical (unpaired) electrons. The van der Waals surface area contributed by atoms with Crippen molar-refractivity contribution < 1.29 is 13.9 Å². The summed E-state index contributed by atoms with van der Waals surface area (Å²) in [5.41, 5.74) is 3.06. The summed E-state index contributed by atoms with van der Waals surface area (Å²) in [4.78, 5) is 9.26. The summed E-state index contributed by atoms with van der Waals surface area (Å²) in [7, 11) is 0. The molecule has 1 aromatic heterocycles. The van der Waals surface area contributed by atoms with Gasteiger partial charge in [0.2, 0.25) is 0 Å². The Morgan fingerprint density at radius 2 is 2.22 bits per heavy atom. The molecule has 6 nitrogen and oxygen atoms in total. The molecule has 1 aromatic rings. The number of nitrogen functional groups attached to an aromatic ring is 1. The highest BCUT2D eigenvalue weighted by Crippen LogP contribution is 2.23. The number of nitrogens with two attached hydrogens (primary N) is 1. The molecule has 0 saturated carbocycles. The van der Waals surface area contributed by atoms with Crippen molar-refractivity contribution in [2.75, 3.05) is 30.0 Å². The molecule has 18 heavy (non-hydrogen) atoms. The molecule has 102 valence electrons. The van der Waals surface area contributed by atoms with E-state index in [1.807, 2.05) is 6.92 Å². The lowest BCUT2D eigenvalue weighted by molar-refractivity contribution is 0.152. The van der Waals surface area contributed by atoms with Crippen LogP contribution in [0.2, 0.25) is 0 Å². The predicted molar refractivity (Wildman–Crippen MR) is 64.5 cm³/mol. The Morgan fingerprint density at radius 1 is 1.50 bits per heavy atom. The van der Waals surface area contributed by atoms with Gasteiger partial charge in [-0.2, -0.15) is 0 Å². The molecule has 8 heteroatoms. The number of anilines is 2. The molecule has 1 rings (SSSR count). The van der Waals surface area contributed by atoms with Gasteiger partial charge in [-0.3, -0.25) is 0 Å². The van der Waals surface area contributed by atoms with E-state index in [1.54, 1.807) is 0 Å². The van der Waals surface area contributed by atoms with Crippen LogP contribution in [0.4, 0.5) is 20.4 Å². The Hall–Kier alpha value is -1.54. The number of aromatic nitrogens is 2. The van der Waals surface area contributed by atoms with Crippen molar-refractivity contribution in [3.63, 3.8) is 0 Å². The Labute approximate surface area is 104 Å². The van der Waals surface area contributed by atoms with Gasteiger partial charge in [0.1, 0.15) is 18.0 Å². The number of halogens is 2. The van der Waals surface area contributed by atoms with Crippen molar-refractivity contribution >= 4 is 11.6 Å². The van der Waals surface area contributed by atoms with E-state index in [1.165, 1.54) is 11.2 Å². The van der Waals surface area contributed by atoms with E-state index in [0.29, 0.717) is 23.6 Å². The first kappa shape index (κ1) is 14.5. The number of nitrogens with zero attached hydrogens (tertiary/aromatic N) is 3. The van der Waals surface area contributed by atoms with Crippen molar-refractivity contribution in [1.29, 1.82) is 0 Å². The number of hydrazine groups is 1. The van der Waals surface area contributed by atoms with E-state index in [4.69, 9.17) is 10.9 Å². The fourth-order valence-corrected chi connectivity index (χ4v) is 1.70. The Kier molecular flexibility index (Phi) is 5.66. The van der Waals surface area contributed by atoms with Gasteiger partial charge in [0, 0.05) is 12.1 Å². The zero-order chi connectivity index (χ0) is 13.5. The van der Waals surface area contributed by atoms with Gasteiger partial charge >= 0.3 is 0 Å². The molecule has 0 aliphatic rings. The van der Waals surface area contributed by atoms with Gasteiger partial charge in [-0.15, -0.1) is 0 Å². The molecule has 0 bridgehead atoms. The van der Waals surface area contributed by atoms with Gasteiger partial charge in [-0.05, 0) is 6.42 Å². The second-order valence-corrected chi connectivity index (χ2v) is 3.58. The molecule has 0 fully saturated rings. The zero-order valence-electron chi connectivity index (χ0n) is 10.1. The summed E-state index contributed by atoms with van der Waals surface area (Å²) in [5, 5.41) is 8.93. The Morgan fingerprint density at radius 3 is 2.72 bits per heavy atom. The normalized spacial score (nSPS) is 10.8. The molecule has 0 aliphatic carbocycles. The number of hydrogen-bond donors (Lipinski definition) is 3. The maximum Gasteiger partial charge on any atom is 0.255 e. The molecule has 0 aromatic carbocycles. The fourth-order valence-electron chi connectivity index (χ4n) is 1.70. The number of alkyl halides is 2. The molecular weight excluding hydrogens is 244 g/mol. The second kappa shape index (κ2) is 7.02. The maximum atomic E-state index is 12.5. The fraction of sp³-hybridized carbons (Fsp3) is 0.600. The lowest BCUT2D eigenvalue weighted by Gasteiger charge is -2.25. The Bertz CT molecular complexity index is 377. The van der Waals surface area contributed by atoms with Gasteiger partial charge < -0.3 is 15.4 Å². The molecular formula is C10H17F2N5O. The van der Waals surface area contributed by atoms with Crippen LogP contribution in [0, 0.1) is 0 Å². The summed E-state index contributed by atoms with van der Waals surface area (Å²) >= 11 is 0. The Balaban J connectivity index is 3.09. The van der Waals surface area contributed by atoms with E-state index < -0.39 is 13.0 Å². The monoisotopic (exact) mass is 261 g/mol. The van der Waals surface area contributed by atoms with Crippen LogP contribution >= 0.6 is 0 Å². The van der Waals surface area contributed by atoms with Crippen LogP contribution in [0.5, 0.6) is 0 Å². The lowest BCUT2D eigenvalue weighted by atomic mass is 10.2. The second-order valence-electron chi connectivity index (χ2n) is 3.58. The largest absolute Gasteiger partial charge is 0.395 e. The van der Waals surface area contributed by atoms with Gasteiger partial charge in [-0.1, -0.05) is 6.92 Å². The average molecular weight is 261 g/mol. The minimum atomic E-state index is -2.51. The predicted octanol–water partition coefficient (Wildman–Crippen LogP) is 0.388. The van der Waals surface area contributed by atoms with E-state index in [0.717, 1.165) is 0 Å². The number of rotatable bonds is 7. The maximum absolute atomic E-state index is 12.5. The topological polar surface area (TPSA) is 87.3 Å². The number of aliphatic hydroxyl groups excluding tert-OH is 1. The van der Waals surface area contributed by atoms with Crippen molar-refractivity contribution in [2.45, 2.75) is 19.8 Å². The third-order valence-corrected chi connectivity index (χ3v) is 2.44. The van der Waals surface area contributed by atoms with Crippen LogP contribution in [0.1, 0.15) is 12.5 Å². The molecule has 0 unspecified atom stereocenters. The van der Waals surface area contributed by atoms with Crippen LogP contribution < -0.4 is 16.2 Å². The minimum absolute atomic E-state index is 0.0817. The lowest BCUT2D eigenvalue weighted by Crippen LogP contribution is -2.33. The van der Waals surface area contributed by atoms with E-state index in [-0.39, 0.29) is 13.2 Å². The third kappa shape index (κ3) is 3.47. The summed E-state index contributed by atoms with van der Waals surface area (Å²) in [6.45, 7) is 1.21. The number of nitrogens with one attached hydrogen (secondary N) is 1. The van der Waals surface area contributed by atoms with E-state index in [2.05, 4.69) is 15.4 Å². The smallest absolute Gasteiger partial charge is 0.255 e. The summed E-state index contributed by atoms with van der Waals surface area (Å²) in [6, 6.07) is 0. The van der Waals surface area contributed by atoms with Crippen molar-refractivity contribution in [2.24, 2.45) is 5.84 Å². The third-order valence-electron chi connectivity index (χ3n) is 2.44. The minimum Gasteiger partial charge on any atom is -0.395 e. The molecule has 0 aliphatic heterocycles. The first-order chi connectivity index (χ1) is 8.63. The summed E-state index contributed by atoms with van der Waals surface area (Å²) in [6.07, 6.45) is -0.717. The van der Waals surface area contributed by atoms with E-state index >= 15 is 0 Å². The van der Waals surface area contributed by atoms with Gasteiger partial charge in [0.05, 0.1) is 13.2 Å². The summed E-state index contributed by atoms with van der Waals surface area (Å²) in [5.74, 6) is 6.09. The van der Waals surface area contributed by atoms with Crippen molar-refractivity contribution in [3.05, 3.63) is 11.9 Å². The zero-order valence-corrected chi connectivity index (χ0v) is 10.1. The summed E-state index contributed by atoms with van der Waals surface area (Å²) < 4.78 is 25.0. The highest BCUT2D eigenvalue weighted by atomic mass is 19.3. The SMILES string of the molecule is CCc1c(NN)ncnc1N(CCO)CC(F)F. The van der Waals surface area contributed by atoms with Crippen molar-refractivity contribution in [3.8, 4) is 0 Å². The van der Waals surface area contributed by atoms with Crippen LogP contribution in [0.3, 0.4) is 0 Å². The molecule has 0 spiro atoms. The van der Waals surface area contributed by atoms with Crippen LogP contribution in [-0.4, -0.2) is 41.2 Å². The molecule has 1 heterocycles. The van der Waals surface area contributed by atoms with Gasteiger partial charge in [-0.25, -0.2) is 24.6 Å². The number of aliphatic hydroxyl groups is 1. The molecule has 0 amide bonds. The molecule has 0 saturated heterocycles. The standard InChI is InChI=1S/C10H17F2N5O/c1-2-7-9(16-13)14-6-15-10(7)17(3-4-18)5-8(11)12/h6,8,18H,2-5,13H2,1H3,(H,14,15,16). The van der Waals surface area contributed by atoms with E-state index in [9.17, 15) is 8.78 Å². The first-order valence-corrected chi connectivity index (χ1v) is 5.58. The van der Waals surface area contributed by atoms with Gasteiger partial charge in [0.15, 0.2) is 0 Å². The van der Waals surface area contributed by atoms with Crippen LogP contribution in [0.25, 0.3) is 0 Å². The van der Waals surface area contributed by atoms with Crippen LogP contribution in [-0.2, 0) is 6.42 Å². The average Bonchev–Trinajstić information content (AvgIpc) is 2.36. The molecule has 4 N–H and O–H groups in total. The molecule has 0 atom stereocenters.